The average molecular weight is 400 g/mol. The maximum atomic E-state index is 12.4. The Labute approximate surface area is 179 Å². The van der Waals surface area contributed by atoms with Crippen LogP contribution in [0.2, 0.25) is 0 Å². The molecule has 0 unspecified atom stereocenters. The normalized spacial score (nSPS) is 18.8. The van der Waals surface area contributed by atoms with Gasteiger partial charge in [0.25, 0.3) is 0 Å². The molecule has 3 heteroatoms. The van der Waals surface area contributed by atoms with Gasteiger partial charge in [0.05, 0.1) is 5.56 Å². The maximum absolute atomic E-state index is 12.4. The van der Waals surface area contributed by atoms with Crippen LogP contribution < -0.4 is 0 Å². The zero-order valence-electron chi connectivity index (χ0n) is 17.3. The second kappa shape index (κ2) is 10.2. The van der Waals surface area contributed by atoms with Crippen molar-refractivity contribution in [2.75, 3.05) is 0 Å². The molecule has 1 aliphatic rings. The van der Waals surface area contributed by atoms with Crippen LogP contribution in [0.4, 0.5) is 0 Å². The standard InChI is InChI=1S/C27H29NO2/c29-27(24-14-8-3-9-15-24)30-26-18-16-25(17-19-26)28(20-22-10-4-1-5-11-22)21-23-12-6-2-7-13-23/h1-15,25-26H,16-21H2/t25-,26+. The van der Waals surface area contributed by atoms with E-state index in [9.17, 15) is 4.79 Å². The van der Waals surface area contributed by atoms with Gasteiger partial charge in [0.1, 0.15) is 6.10 Å². The molecule has 0 saturated heterocycles. The molecule has 3 aromatic carbocycles. The van der Waals surface area contributed by atoms with E-state index in [4.69, 9.17) is 4.74 Å². The molecule has 154 valence electrons. The van der Waals surface area contributed by atoms with Crippen molar-refractivity contribution in [1.82, 2.24) is 4.90 Å². The number of nitrogens with zero attached hydrogens (tertiary/aromatic N) is 1. The van der Waals surface area contributed by atoms with Crippen LogP contribution in [-0.2, 0) is 17.8 Å². The van der Waals surface area contributed by atoms with Gasteiger partial charge in [-0.3, -0.25) is 4.90 Å². The fourth-order valence-corrected chi connectivity index (χ4v) is 4.27. The van der Waals surface area contributed by atoms with E-state index in [0.717, 1.165) is 38.8 Å². The van der Waals surface area contributed by atoms with Gasteiger partial charge >= 0.3 is 5.97 Å². The van der Waals surface area contributed by atoms with Gasteiger partial charge in [-0.1, -0.05) is 78.9 Å². The van der Waals surface area contributed by atoms with Crippen LogP contribution in [0.5, 0.6) is 0 Å². The Balaban J connectivity index is 1.38. The van der Waals surface area contributed by atoms with E-state index in [0.29, 0.717) is 11.6 Å². The molecule has 30 heavy (non-hydrogen) atoms. The predicted octanol–water partition coefficient (Wildman–Crippen LogP) is 5.86. The summed E-state index contributed by atoms with van der Waals surface area (Å²) in [7, 11) is 0. The SMILES string of the molecule is O=C(O[C@H]1CC[C@@H](N(Cc2ccccc2)Cc2ccccc2)CC1)c1ccccc1. The lowest BCUT2D eigenvalue weighted by Crippen LogP contribution is -2.39. The molecule has 0 spiro atoms. The molecule has 0 heterocycles. The Kier molecular flexibility index (Phi) is 6.94. The minimum Gasteiger partial charge on any atom is -0.459 e. The third kappa shape index (κ3) is 5.58. The molecule has 1 saturated carbocycles. The summed E-state index contributed by atoms with van der Waals surface area (Å²) in [5.41, 5.74) is 3.31. The van der Waals surface area contributed by atoms with Gasteiger partial charge in [-0.05, 0) is 48.9 Å². The molecule has 0 bridgehead atoms. The molecule has 0 radical (unpaired) electrons. The molecule has 1 aliphatic carbocycles. The minimum atomic E-state index is -0.204. The number of benzene rings is 3. The molecule has 0 atom stereocenters. The first kappa shape index (κ1) is 20.4. The molecular formula is C27H29NO2. The lowest BCUT2D eigenvalue weighted by atomic mass is 9.91. The first-order valence-corrected chi connectivity index (χ1v) is 10.9. The van der Waals surface area contributed by atoms with Crippen molar-refractivity contribution in [3.63, 3.8) is 0 Å². The van der Waals surface area contributed by atoms with Gasteiger partial charge in [-0.15, -0.1) is 0 Å². The van der Waals surface area contributed by atoms with E-state index in [1.54, 1.807) is 0 Å². The van der Waals surface area contributed by atoms with Gasteiger partial charge in [0.15, 0.2) is 0 Å². The number of carbonyl (C=O) groups is 1. The molecule has 1 fully saturated rings. The summed E-state index contributed by atoms with van der Waals surface area (Å²) >= 11 is 0. The minimum absolute atomic E-state index is 0.0178. The van der Waals surface area contributed by atoms with E-state index in [1.165, 1.54) is 11.1 Å². The first-order valence-electron chi connectivity index (χ1n) is 10.9. The fraction of sp³-hybridized carbons (Fsp3) is 0.296. The molecule has 4 rings (SSSR count). The molecule has 0 aliphatic heterocycles. The summed E-state index contributed by atoms with van der Waals surface area (Å²) in [5, 5.41) is 0. The van der Waals surface area contributed by atoms with Crippen LogP contribution >= 0.6 is 0 Å². The summed E-state index contributed by atoms with van der Waals surface area (Å²) in [6, 6.07) is 31.1. The van der Waals surface area contributed by atoms with E-state index in [1.807, 2.05) is 30.3 Å². The number of hydrogen-bond donors (Lipinski definition) is 0. The zero-order chi connectivity index (χ0) is 20.6. The summed E-state index contributed by atoms with van der Waals surface area (Å²) in [4.78, 5) is 15.0. The predicted molar refractivity (Wildman–Crippen MR) is 120 cm³/mol. The highest BCUT2D eigenvalue weighted by Gasteiger charge is 2.28. The number of hydrogen-bond acceptors (Lipinski definition) is 3. The third-order valence-corrected chi connectivity index (χ3v) is 5.90. The van der Waals surface area contributed by atoms with E-state index >= 15 is 0 Å². The fourth-order valence-electron chi connectivity index (χ4n) is 4.27. The van der Waals surface area contributed by atoms with Crippen LogP contribution in [0, 0.1) is 0 Å². The Morgan fingerprint density at radius 1 is 0.700 bits per heavy atom. The Hall–Kier alpha value is -2.91. The quantitative estimate of drug-likeness (QED) is 0.466. The first-order chi connectivity index (χ1) is 14.8. The highest BCUT2D eigenvalue weighted by Crippen LogP contribution is 2.28. The summed E-state index contributed by atoms with van der Waals surface area (Å²) < 4.78 is 5.78. The number of esters is 1. The molecule has 3 nitrogen and oxygen atoms in total. The second-order valence-electron chi connectivity index (χ2n) is 8.08. The van der Waals surface area contributed by atoms with E-state index < -0.39 is 0 Å². The zero-order valence-corrected chi connectivity index (χ0v) is 17.3. The number of carbonyl (C=O) groups excluding carboxylic acids is 1. The van der Waals surface area contributed by atoms with Crippen LogP contribution in [0.25, 0.3) is 0 Å². The smallest absolute Gasteiger partial charge is 0.338 e. The number of ether oxygens (including phenoxy) is 1. The van der Waals surface area contributed by atoms with Crippen LogP contribution in [0.15, 0.2) is 91.0 Å². The summed E-state index contributed by atoms with van der Waals surface area (Å²) in [5.74, 6) is -0.204. The lowest BCUT2D eigenvalue weighted by Gasteiger charge is -2.37. The molecule has 0 N–H and O–H groups in total. The Morgan fingerprint density at radius 2 is 1.17 bits per heavy atom. The largest absolute Gasteiger partial charge is 0.459 e. The average Bonchev–Trinajstić information content (AvgIpc) is 2.81. The van der Waals surface area contributed by atoms with Gasteiger partial charge in [-0.2, -0.15) is 0 Å². The second-order valence-corrected chi connectivity index (χ2v) is 8.08. The van der Waals surface area contributed by atoms with E-state index in [2.05, 4.69) is 65.6 Å². The Morgan fingerprint density at radius 3 is 1.67 bits per heavy atom. The highest BCUT2D eigenvalue weighted by atomic mass is 16.5. The van der Waals surface area contributed by atoms with Crippen molar-refractivity contribution >= 4 is 5.97 Å². The van der Waals surface area contributed by atoms with Crippen molar-refractivity contribution in [3.05, 3.63) is 108 Å². The van der Waals surface area contributed by atoms with Crippen molar-refractivity contribution in [3.8, 4) is 0 Å². The van der Waals surface area contributed by atoms with Crippen molar-refractivity contribution in [2.24, 2.45) is 0 Å². The van der Waals surface area contributed by atoms with Crippen molar-refractivity contribution < 1.29 is 9.53 Å². The van der Waals surface area contributed by atoms with Crippen molar-refractivity contribution in [1.29, 1.82) is 0 Å². The van der Waals surface area contributed by atoms with Gasteiger partial charge < -0.3 is 4.74 Å². The molecule has 0 amide bonds. The topological polar surface area (TPSA) is 29.5 Å². The molecule has 3 aromatic rings. The van der Waals surface area contributed by atoms with Crippen LogP contribution in [0.3, 0.4) is 0 Å². The monoisotopic (exact) mass is 399 g/mol. The van der Waals surface area contributed by atoms with Gasteiger partial charge in [-0.25, -0.2) is 4.79 Å². The third-order valence-electron chi connectivity index (χ3n) is 5.90. The summed E-state index contributed by atoms with van der Waals surface area (Å²) in [6.07, 6.45) is 3.95. The van der Waals surface area contributed by atoms with Crippen LogP contribution in [0.1, 0.15) is 47.2 Å². The van der Waals surface area contributed by atoms with Crippen LogP contribution in [-0.4, -0.2) is 23.0 Å². The Bertz CT molecular complexity index is 862. The lowest BCUT2D eigenvalue weighted by molar-refractivity contribution is 0.00940. The highest BCUT2D eigenvalue weighted by molar-refractivity contribution is 5.89. The van der Waals surface area contributed by atoms with Crippen molar-refractivity contribution in [2.45, 2.75) is 50.9 Å². The van der Waals surface area contributed by atoms with Gasteiger partial charge in [0, 0.05) is 19.1 Å². The maximum Gasteiger partial charge on any atom is 0.338 e. The van der Waals surface area contributed by atoms with Gasteiger partial charge in [0.2, 0.25) is 0 Å². The molecular weight excluding hydrogens is 370 g/mol. The molecule has 0 aromatic heterocycles. The number of rotatable bonds is 7. The van der Waals surface area contributed by atoms with E-state index in [-0.39, 0.29) is 12.1 Å². The summed E-state index contributed by atoms with van der Waals surface area (Å²) in [6.45, 7) is 1.88.